The van der Waals surface area contributed by atoms with Gasteiger partial charge in [0.2, 0.25) is 0 Å². The Balaban J connectivity index is 2.22. The molecule has 0 saturated carbocycles. The molecule has 0 aliphatic carbocycles. The molecule has 0 saturated heterocycles. The highest BCUT2D eigenvalue weighted by atomic mass is 32.1. The smallest absolute Gasteiger partial charge is 0.168 e. The minimum absolute atomic E-state index is 0.0958. The highest BCUT2D eigenvalue weighted by Gasteiger charge is 2.12. The summed E-state index contributed by atoms with van der Waals surface area (Å²) < 4.78 is 12.9. The lowest BCUT2D eigenvalue weighted by molar-refractivity contribution is 0.0992. The molecule has 0 N–H and O–H groups in total. The molecule has 0 radical (unpaired) electrons. The van der Waals surface area contributed by atoms with Crippen molar-refractivity contribution in [3.63, 3.8) is 0 Å². The van der Waals surface area contributed by atoms with Gasteiger partial charge in [0.05, 0.1) is 0 Å². The molecule has 0 aliphatic rings. The Bertz CT molecular complexity index is 557. The Kier molecular flexibility index (Phi) is 3.38. The van der Waals surface area contributed by atoms with E-state index in [-0.39, 0.29) is 11.6 Å². The number of hydrogen-bond donors (Lipinski definition) is 0. The van der Waals surface area contributed by atoms with Crippen molar-refractivity contribution in [1.82, 2.24) is 0 Å². The van der Waals surface area contributed by atoms with Crippen LogP contribution in [0.25, 0.3) is 0 Å². The van der Waals surface area contributed by atoms with Crippen LogP contribution in [-0.2, 0) is 6.42 Å². The van der Waals surface area contributed by atoms with Gasteiger partial charge >= 0.3 is 0 Å². The van der Waals surface area contributed by atoms with E-state index >= 15 is 0 Å². The van der Waals surface area contributed by atoms with Gasteiger partial charge in [0.15, 0.2) is 5.78 Å². The molecule has 0 spiro atoms. The van der Waals surface area contributed by atoms with E-state index in [2.05, 4.69) is 0 Å². The zero-order chi connectivity index (χ0) is 12.4. The maximum atomic E-state index is 12.9. The second kappa shape index (κ2) is 4.80. The quantitative estimate of drug-likeness (QED) is 0.752. The number of halogens is 1. The van der Waals surface area contributed by atoms with Crippen molar-refractivity contribution < 1.29 is 9.18 Å². The molecule has 2 rings (SSSR count). The van der Waals surface area contributed by atoms with Gasteiger partial charge in [-0.25, -0.2) is 4.39 Å². The molecule has 2 aromatic rings. The monoisotopic (exact) mass is 248 g/mol. The van der Waals surface area contributed by atoms with Gasteiger partial charge in [-0.15, -0.1) is 0 Å². The van der Waals surface area contributed by atoms with E-state index in [1.165, 1.54) is 23.5 Å². The molecule has 88 valence electrons. The summed E-state index contributed by atoms with van der Waals surface area (Å²) in [5.41, 5.74) is 3.51. The van der Waals surface area contributed by atoms with E-state index < -0.39 is 0 Å². The zero-order valence-corrected chi connectivity index (χ0v) is 10.6. The molecule has 17 heavy (non-hydrogen) atoms. The number of ketones is 1. The van der Waals surface area contributed by atoms with Crippen LogP contribution in [0, 0.1) is 19.7 Å². The van der Waals surface area contributed by atoms with Crippen LogP contribution in [0.4, 0.5) is 4.39 Å². The normalized spacial score (nSPS) is 10.5. The van der Waals surface area contributed by atoms with Gasteiger partial charge in [0.1, 0.15) is 5.82 Å². The molecule has 1 nitrogen and oxygen atoms in total. The molecule has 1 heterocycles. The molecule has 1 aromatic heterocycles. The number of hydrogen-bond acceptors (Lipinski definition) is 2. The van der Waals surface area contributed by atoms with Crippen LogP contribution in [0.1, 0.15) is 27.0 Å². The first kappa shape index (κ1) is 12.0. The second-order valence-electron chi connectivity index (χ2n) is 4.14. The summed E-state index contributed by atoms with van der Waals surface area (Å²) in [4.78, 5) is 12.0. The number of benzene rings is 1. The minimum atomic E-state index is -0.259. The van der Waals surface area contributed by atoms with Crippen LogP contribution in [0.2, 0.25) is 0 Å². The van der Waals surface area contributed by atoms with Gasteiger partial charge in [-0.05, 0) is 48.1 Å². The Morgan fingerprint density at radius 3 is 2.59 bits per heavy atom. The topological polar surface area (TPSA) is 17.1 Å². The van der Waals surface area contributed by atoms with Crippen LogP contribution in [0.5, 0.6) is 0 Å². The van der Waals surface area contributed by atoms with Crippen LogP contribution in [0.3, 0.4) is 0 Å². The largest absolute Gasteiger partial charge is 0.294 e. The lowest BCUT2D eigenvalue weighted by atomic mass is 9.99. The molecule has 0 fully saturated rings. The van der Waals surface area contributed by atoms with Gasteiger partial charge in [-0.3, -0.25) is 4.79 Å². The number of Topliss-reactive ketones (excluding diaryl/α,β-unsaturated/α-hetero) is 1. The molecular formula is C14H13FOS. The van der Waals surface area contributed by atoms with Gasteiger partial charge in [-0.2, -0.15) is 11.3 Å². The fourth-order valence-corrected chi connectivity index (χ4v) is 2.62. The van der Waals surface area contributed by atoms with E-state index in [4.69, 9.17) is 0 Å². The van der Waals surface area contributed by atoms with Crippen LogP contribution in [-0.4, -0.2) is 5.78 Å². The average Bonchev–Trinajstić information content (AvgIpc) is 2.68. The lowest BCUT2D eigenvalue weighted by Crippen LogP contribution is -2.05. The molecule has 1 aromatic carbocycles. The first-order valence-corrected chi connectivity index (χ1v) is 6.33. The van der Waals surface area contributed by atoms with Gasteiger partial charge in [-0.1, -0.05) is 6.07 Å². The van der Waals surface area contributed by atoms with Crippen molar-refractivity contribution in [2.45, 2.75) is 20.3 Å². The first-order chi connectivity index (χ1) is 8.08. The van der Waals surface area contributed by atoms with Crippen molar-refractivity contribution >= 4 is 17.1 Å². The lowest BCUT2D eigenvalue weighted by Gasteiger charge is -2.05. The number of carbonyl (C=O) groups is 1. The van der Waals surface area contributed by atoms with Crippen molar-refractivity contribution in [2.75, 3.05) is 0 Å². The summed E-state index contributed by atoms with van der Waals surface area (Å²) in [6.07, 6.45) is 0.337. The zero-order valence-electron chi connectivity index (χ0n) is 9.79. The van der Waals surface area contributed by atoms with Gasteiger partial charge in [0.25, 0.3) is 0 Å². The number of thiophene rings is 1. The standard InChI is InChI=1S/C14H13FOS/c1-9-5-12(15)4-3-11(9)6-14(16)13-8-17-7-10(13)2/h3-5,7-8H,6H2,1-2H3. The third kappa shape index (κ3) is 2.61. The summed E-state index contributed by atoms with van der Waals surface area (Å²) in [5, 5.41) is 3.83. The fraction of sp³-hybridized carbons (Fsp3) is 0.214. The molecule has 0 aliphatic heterocycles. The third-order valence-corrected chi connectivity index (χ3v) is 3.67. The van der Waals surface area contributed by atoms with Crippen LogP contribution < -0.4 is 0 Å². The summed E-state index contributed by atoms with van der Waals surface area (Å²) in [6, 6.07) is 4.55. The Hall–Kier alpha value is -1.48. The van der Waals surface area contributed by atoms with Crippen LogP contribution in [0.15, 0.2) is 29.0 Å². The van der Waals surface area contributed by atoms with Gasteiger partial charge < -0.3 is 0 Å². The Morgan fingerprint density at radius 2 is 2.00 bits per heavy atom. The van der Waals surface area contributed by atoms with Crippen molar-refractivity contribution in [1.29, 1.82) is 0 Å². The van der Waals surface area contributed by atoms with E-state index in [9.17, 15) is 9.18 Å². The highest BCUT2D eigenvalue weighted by Crippen LogP contribution is 2.18. The van der Waals surface area contributed by atoms with Gasteiger partial charge in [0, 0.05) is 17.4 Å². The third-order valence-electron chi connectivity index (χ3n) is 2.81. The van der Waals surface area contributed by atoms with E-state index in [0.29, 0.717) is 6.42 Å². The van der Waals surface area contributed by atoms with Crippen molar-refractivity contribution in [3.05, 3.63) is 57.0 Å². The van der Waals surface area contributed by atoms with Crippen LogP contribution >= 0.6 is 11.3 Å². The Labute approximate surface area is 104 Å². The highest BCUT2D eigenvalue weighted by molar-refractivity contribution is 7.08. The second-order valence-corrected chi connectivity index (χ2v) is 4.88. The van der Waals surface area contributed by atoms with E-state index in [1.807, 2.05) is 24.6 Å². The fourth-order valence-electron chi connectivity index (χ4n) is 1.77. The summed E-state index contributed by atoms with van der Waals surface area (Å²) >= 11 is 1.53. The Morgan fingerprint density at radius 1 is 1.24 bits per heavy atom. The first-order valence-electron chi connectivity index (χ1n) is 5.39. The minimum Gasteiger partial charge on any atom is -0.294 e. The van der Waals surface area contributed by atoms with Crippen molar-refractivity contribution in [2.24, 2.45) is 0 Å². The summed E-state index contributed by atoms with van der Waals surface area (Å²) in [6.45, 7) is 3.76. The number of carbonyl (C=O) groups excluding carboxylic acids is 1. The number of aryl methyl sites for hydroxylation is 2. The molecule has 0 atom stereocenters. The molecule has 0 amide bonds. The maximum absolute atomic E-state index is 12.9. The summed E-state index contributed by atoms with van der Waals surface area (Å²) in [5.74, 6) is -0.163. The molecule has 0 unspecified atom stereocenters. The average molecular weight is 248 g/mol. The SMILES string of the molecule is Cc1cc(F)ccc1CC(=O)c1cscc1C. The summed E-state index contributed by atoms with van der Waals surface area (Å²) in [7, 11) is 0. The van der Waals surface area contributed by atoms with Crippen molar-refractivity contribution in [3.8, 4) is 0 Å². The maximum Gasteiger partial charge on any atom is 0.168 e. The molecule has 3 heteroatoms. The number of rotatable bonds is 3. The molecular weight excluding hydrogens is 235 g/mol. The predicted molar refractivity (Wildman–Crippen MR) is 68.2 cm³/mol. The molecule has 0 bridgehead atoms. The predicted octanol–water partition coefficient (Wildman–Crippen LogP) is 3.93. The van der Waals surface area contributed by atoms with E-state index in [1.54, 1.807) is 6.07 Å². The van der Waals surface area contributed by atoms with E-state index in [0.717, 1.165) is 22.3 Å².